The third-order valence-corrected chi connectivity index (χ3v) is 2.80. The average molecular weight is 254 g/mol. The van der Waals surface area contributed by atoms with Gasteiger partial charge in [-0.1, -0.05) is 12.1 Å². The van der Waals surface area contributed by atoms with Crippen molar-refractivity contribution in [2.24, 2.45) is 0 Å². The van der Waals surface area contributed by atoms with E-state index in [1.54, 1.807) is 6.20 Å². The van der Waals surface area contributed by atoms with Crippen LogP contribution in [0.4, 0.5) is 0 Å². The fourth-order valence-corrected chi connectivity index (χ4v) is 1.93. The van der Waals surface area contributed by atoms with Gasteiger partial charge in [0.25, 0.3) is 0 Å². The molecule has 4 nitrogen and oxygen atoms in total. The van der Waals surface area contributed by atoms with Gasteiger partial charge in [-0.15, -0.1) is 0 Å². The molecule has 0 radical (unpaired) electrons. The van der Waals surface area contributed by atoms with Gasteiger partial charge < -0.3 is 9.15 Å². The Morgan fingerprint density at radius 2 is 2.00 bits per heavy atom. The largest absolute Gasteiger partial charge is 0.494 e. The van der Waals surface area contributed by atoms with Crippen molar-refractivity contribution >= 4 is 11.2 Å². The zero-order valence-corrected chi connectivity index (χ0v) is 10.7. The van der Waals surface area contributed by atoms with Crippen molar-refractivity contribution in [2.45, 2.75) is 13.3 Å². The van der Waals surface area contributed by atoms with Gasteiger partial charge in [-0.3, -0.25) is 0 Å². The summed E-state index contributed by atoms with van der Waals surface area (Å²) < 4.78 is 11.1. The lowest BCUT2D eigenvalue weighted by Crippen LogP contribution is -1.92. The first kappa shape index (κ1) is 11.7. The zero-order chi connectivity index (χ0) is 13.1. The van der Waals surface area contributed by atoms with Gasteiger partial charge in [-0.05, 0) is 36.8 Å². The molecule has 0 spiro atoms. The van der Waals surface area contributed by atoms with Gasteiger partial charge in [0, 0.05) is 12.6 Å². The summed E-state index contributed by atoms with van der Waals surface area (Å²) in [7, 11) is 0. The Kier molecular flexibility index (Phi) is 3.14. The third-order valence-electron chi connectivity index (χ3n) is 2.80. The van der Waals surface area contributed by atoms with E-state index in [-0.39, 0.29) is 0 Å². The van der Waals surface area contributed by atoms with Crippen molar-refractivity contribution in [1.29, 1.82) is 0 Å². The number of ether oxygens (including phenoxy) is 1. The van der Waals surface area contributed by atoms with Gasteiger partial charge in [0.1, 0.15) is 5.75 Å². The Bertz CT molecular complexity index is 641. The van der Waals surface area contributed by atoms with Crippen LogP contribution in [0.3, 0.4) is 0 Å². The lowest BCUT2D eigenvalue weighted by molar-refractivity contribution is 0.340. The molecule has 2 heterocycles. The molecule has 4 heteroatoms. The van der Waals surface area contributed by atoms with Crippen molar-refractivity contribution in [1.82, 2.24) is 9.97 Å². The molecule has 3 rings (SSSR count). The monoisotopic (exact) mass is 254 g/mol. The summed E-state index contributed by atoms with van der Waals surface area (Å²) in [6, 6.07) is 11.7. The van der Waals surface area contributed by atoms with E-state index in [0.717, 1.165) is 16.9 Å². The summed E-state index contributed by atoms with van der Waals surface area (Å²) in [5.41, 5.74) is 2.52. The van der Waals surface area contributed by atoms with Crippen LogP contribution in [0.15, 0.2) is 47.0 Å². The van der Waals surface area contributed by atoms with Crippen molar-refractivity contribution < 1.29 is 9.15 Å². The standard InChI is InChI=1S/C15H14N2O2/c1-2-18-12-7-5-11(6-8-12)10-14-17-15-13(19-14)4-3-9-16-15/h3-9H,2,10H2,1H3. The third kappa shape index (κ3) is 2.57. The van der Waals surface area contributed by atoms with Gasteiger partial charge in [0.2, 0.25) is 5.89 Å². The van der Waals surface area contributed by atoms with Crippen molar-refractivity contribution in [2.75, 3.05) is 6.61 Å². The Morgan fingerprint density at radius 3 is 2.74 bits per heavy atom. The molecule has 1 aromatic carbocycles. The summed E-state index contributed by atoms with van der Waals surface area (Å²) >= 11 is 0. The van der Waals surface area contributed by atoms with Crippen molar-refractivity contribution in [3.05, 3.63) is 54.0 Å². The fraction of sp³-hybridized carbons (Fsp3) is 0.200. The summed E-state index contributed by atoms with van der Waals surface area (Å²) in [5.74, 6) is 1.56. The molecule has 0 aliphatic carbocycles. The zero-order valence-electron chi connectivity index (χ0n) is 10.7. The highest BCUT2D eigenvalue weighted by Crippen LogP contribution is 2.18. The van der Waals surface area contributed by atoms with E-state index in [1.165, 1.54) is 0 Å². The lowest BCUT2D eigenvalue weighted by atomic mass is 10.1. The molecule has 0 bridgehead atoms. The molecule has 0 atom stereocenters. The number of pyridine rings is 1. The SMILES string of the molecule is CCOc1ccc(Cc2nc3ncccc3o2)cc1. The Hall–Kier alpha value is -2.36. The predicted molar refractivity (Wildman–Crippen MR) is 72.2 cm³/mol. The van der Waals surface area contributed by atoms with Crippen LogP contribution in [-0.4, -0.2) is 16.6 Å². The van der Waals surface area contributed by atoms with Crippen molar-refractivity contribution in [3.8, 4) is 5.75 Å². The number of fused-ring (bicyclic) bond motifs is 1. The molecule has 0 aliphatic rings. The maximum atomic E-state index is 5.64. The molecule has 19 heavy (non-hydrogen) atoms. The minimum Gasteiger partial charge on any atom is -0.494 e. The first-order valence-corrected chi connectivity index (χ1v) is 6.27. The van der Waals surface area contributed by atoms with Crippen LogP contribution in [0.25, 0.3) is 11.2 Å². The molecule has 96 valence electrons. The second-order valence-electron chi connectivity index (χ2n) is 4.19. The minimum atomic E-state index is 0.656. The van der Waals surface area contributed by atoms with E-state index in [2.05, 4.69) is 9.97 Å². The van der Waals surface area contributed by atoms with E-state index in [4.69, 9.17) is 9.15 Å². The molecule has 0 fully saturated rings. The van der Waals surface area contributed by atoms with Crippen LogP contribution >= 0.6 is 0 Å². The first-order valence-electron chi connectivity index (χ1n) is 6.27. The summed E-state index contributed by atoms with van der Waals surface area (Å²) in [6.45, 7) is 2.65. The molecule has 0 saturated carbocycles. The summed E-state index contributed by atoms with van der Waals surface area (Å²) in [5, 5.41) is 0. The number of rotatable bonds is 4. The van der Waals surface area contributed by atoms with Gasteiger partial charge in [0.15, 0.2) is 11.2 Å². The molecule has 0 N–H and O–H groups in total. The van der Waals surface area contributed by atoms with E-state index in [1.807, 2.05) is 43.3 Å². The van der Waals surface area contributed by atoms with Crippen LogP contribution in [0.2, 0.25) is 0 Å². The second-order valence-corrected chi connectivity index (χ2v) is 4.19. The maximum Gasteiger partial charge on any atom is 0.201 e. The average Bonchev–Trinajstić information content (AvgIpc) is 2.83. The maximum absolute atomic E-state index is 5.64. The summed E-state index contributed by atoms with van der Waals surface area (Å²) in [4.78, 5) is 8.51. The number of hydrogen-bond donors (Lipinski definition) is 0. The van der Waals surface area contributed by atoms with E-state index >= 15 is 0 Å². The van der Waals surface area contributed by atoms with E-state index < -0.39 is 0 Å². The molecule has 0 saturated heterocycles. The first-order chi connectivity index (χ1) is 9.35. The smallest absolute Gasteiger partial charge is 0.201 e. The second kappa shape index (κ2) is 5.10. The molecular weight excluding hydrogens is 240 g/mol. The van der Waals surface area contributed by atoms with Crippen LogP contribution in [-0.2, 0) is 6.42 Å². The molecule has 3 aromatic rings. The number of nitrogens with zero attached hydrogens (tertiary/aromatic N) is 2. The minimum absolute atomic E-state index is 0.656. The van der Waals surface area contributed by atoms with Crippen LogP contribution < -0.4 is 4.74 Å². The Labute approximate surface area is 111 Å². The Morgan fingerprint density at radius 1 is 1.16 bits per heavy atom. The Balaban J connectivity index is 1.80. The number of hydrogen-bond acceptors (Lipinski definition) is 4. The van der Waals surface area contributed by atoms with Crippen LogP contribution in [0.1, 0.15) is 18.4 Å². The highest BCUT2D eigenvalue weighted by molar-refractivity contribution is 5.66. The quantitative estimate of drug-likeness (QED) is 0.717. The molecule has 0 aliphatic heterocycles. The van der Waals surface area contributed by atoms with Crippen LogP contribution in [0, 0.1) is 0 Å². The van der Waals surface area contributed by atoms with E-state index in [0.29, 0.717) is 24.6 Å². The normalized spacial score (nSPS) is 10.8. The summed E-state index contributed by atoms with van der Waals surface area (Å²) in [6.07, 6.45) is 2.37. The highest BCUT2D eigenvalue weighted by Gasteiger charge is 2.06. The van der Waals surface area contributed by atoms with Crippen LogP contribution in [0.5, 0.6) is 5.75 Å². The van der Waals surface area contributed by atoms with Crippen molar-refractivity contribution in [3.63, 3.8) is 0 Å². The number of benzene rings is 1. The fourth-order valence-electron chi connectivity index (χ4n) is 1.93. The molecule has 2 aromatic heterocycles. The number of oxazole rings is 1. The van der Waals surface area contributed by atoms with Gasteiger partial charge in [0.05, 0.1) is 6.61 Å². The highest BCUT2D eigenvalue weighted by atomic mass is 16.5. The lowest BCUT2D eigenvalue weighted by Gasteiger charge is -2.03. The van der Waals surface area contributed by atoms with Gasteiger partial charge in [-0.25, -0.2) is 4.98 Å². The molecule has 0 amide bonds. The molecular formula is C15H14N2O2. The van der Waals surface area contributed by atoms with Gasteiger partial charge in [-0.2, -0.15) is 4.98 Å². The van der Waals surface area contributed by atoms with Gasteiger partial charge >= 0.3 is 0 Å². The number of aromatic nitrogens is 2. The molecule has 0 unspecified atom stereocenters. The predicted octanol–water partition coefficient (Wildman–Crippen LogP) is 3.21. The van der Waals surface area contributed by atoms with E-state index in [9.17, 15) is 0 Å². The topological polar surface area (TPSA) is 48.2 Å².